The summed E-state index contributed by atoms with van der Waals surface area (Å²) >= 11 is 0. The van der Waals surface area contributed by atoms with Crippen LogP contribution >= 0.6 is 0 Å². The van der Waals surface area contributed by atoms with E-state index in [1.807, 2.05) is 12.1 Å². The average Bonchev–Trinajstić information content (AvgIpc) is 2.38. The number of ether oxygens (including phenoxy) is 2. The molecule has 102 valence electrons. The molecule has 3 N–H and O–H groups in total. The van der Waals surface area contributed by atoms with Crippen molar-refractivity contribution in [3.63, 3.8) is 0 Å². The van der Waals surface area contributed by atoms with Crippen molar-refractivity contribution >= 4 is 20.9 Å². The molecule has 1 rings (SSSR count). The number of nitrogen functional groups attached to an aromatic ring is 1. The van der Waals surface area contributed by atoms with Gasteiger partial charge in [-0.2, -0.15) is 0 Å². The summed E-state index contributed by atoms with van der Waals surface area (Å²) in [6, 6.07) is 7.25. The molecule has 0 unspecified atom stereocenters. The minimum absolute atomic E-state index is 0.0500. The zero-order valence-electron chi connectivity index (χ0n) is 11.5. The van der Waals surface area contributed by atoms with Gasteiger partial charge in [0.05, 0.1) is 20.9 Å². The van der Waals surface area contributed by atoms with Gasteiger partial charge in [0.15, 0.2) is 0 Å². The first kappa shape index (κ1) is 15.0. The van der Waals surface area contributed by atoms with Gasteiger partial charge in [-0.05, 0) is 31.0 Å². The predicted molar refractivity (Wildman–Crippen MR) is 79.9 cm³/mol. The number of nitrogens with two attached hydrogens (primary N) is 1. The Kier molecular flexibility index (Phi) is 6.78. The third-order valence-corrected chi connectivity index (χ3v) is 4.96. The first-order chi connectivity index (χ1) is 8.67. The molecule has 0 heterocycles. The van der Waals surface area contributed by atoms with Gasteiger partial charge in [-0.25, -0.2) is 0 Å². The van der Waals surface area contributed by atoms with Crippen LogP contribution in [-0.2, 0) is 9.47 Å². The molecule has 0 aromatic heterocycles. The van der Waals surface area contributed by atoms with Crippen molar-refractivity contribution in [2.24, 2.45) is 0 Å². The highest BCUT2D eigenvalue weighted by atomic mass is 28.2. The number of hydrogen-bond donors (Lipinski definition) is 2. The van der Waals surface area contributed by atoms with Gasteiger partial charge in [0.1, 0.15) is 5.91 Å². The van der Waals surface area contributed by atoms with E-state index in [0.29, 0.717) is 0 Å². The molecule has 0 fully saturated rings. The Labute approximate surface area is 112 Å². The fourth-order valence-corrected chi connectivity index (χ4v) is 3.16. The molecule has 18 heavy (non-hydrogen) atoms. The summed E-state index contributed by atoms with van der Waals surface area (Å²) in [5, 5.41) is 3.38. The summed E-state index contributed by atoms with van der Waals surface area (Å²) in [4.78, 5) is 0. The molecule has 0 atom stereocenters. The van der Waals surface area contributed by atoms with Gasteiger partial charge in [0, 0.05) is 20.8 Å². The van der Waals surface area contributed by atoms with Gasteiger partial charge in [-0.3, -0.25) is 0 Å². The number of anilines is 2. The molecule has 5 heteroatoms. The van der Waals surface area contributed by atoms with Gasteiger partial charge in [-0.15, -0.1) is 0 Å². The molecular formula is C13H24N2O2Si. The van der Waals surface area contributed by atoms with E-state index in [9.17, 15) is 0 Å². The van der Waals surface area contributed by atoms with Crippen LogP contribution in [0, 0.1) is 6.92 Å². The molecule has 0 spiro atoms. The van der Waals surface area contributed by atoms with Crippen LogP contribution in [-0.4, -0.2) is 36.2 Å². The third-order valence-electron chi connectivity index (χ3n) is 2.92. The average molecular weight is 268 g/mol. The summed E-state index contributed by atoms with van der Waals surface area (Å²) in [7, 11) is 3.09. The van der Waals surface area contributed by atoms with Crippen molar-refractivity contribution in [1.29, 1.82) is 0 Å². The van der Waals surface area contributed by atoms with Crippen LogP contribution in [0.4, 0.5) is 11.4 Å². The Balaban J connectivity index is 2.23. The maximum Gasteiger partial charge on any atom is 0.134 e. The van der Waals surface area contributed by atoms with Gasteiger partial charge in [0.25, 0.3) is 0 Å². The predicted octanol–water partition coefficient (Wildman–Crippen LogP) is 1.54. The molecule has 0 saturated carbocycles. The molecule has 0 amide bonds. The molecule has 0 saturated heterocycles. The molecule has 1 aromatic carbocycles. The highest BCUT2D eigenvalue weighted by Gasteiger charge is 2.05. The van der Waals surface area contributed by atoms with Gasteiger partial charge in [-0.1, -0.05) is 12.1 Å². The second-order valence-corrected chi connectivity index (χ2v) is 6.37. The van der Waals surface area contributed by atoms with E-state index in [1.54, 1.807) is 14.2 Å². The van der Waals surface area contributed by atoms with Crippen LogP contribution in [0.5, 0.6) is 0 Å². The number of rotatable bonds is 8. The van der Waals surface area contributed by atoms with Crippen LogP contribution in [0.1, 0.15) is 12.0 Å². The Morgan fingerprint density at radius 3 is 2.72 bits per heavy atom. The van der Waals surface area contributed by atoms with Gasteiger partial charge in [0.2, 0.25) is 0 Å². The SMILES string of the molecule is COC(OC)[SiH2]CCCNc1cc(C)ccc1N. The lowest BCUT2D eigenvalue weighted by Crippen LogP contribution is -2.21. The molecule has 0 aliphatic rings. The van der Waals surface area contributed by atoms with Crippen LogP contribution in [0.25, 0.3) is 0 Å². The Morgan fingerprint density at radius 1 is 1.33 bits per heavy atom. The molecule has 1 aromatic rings. The number of methoxy groups -OCH3 is 2. The van der Waals surface area contributed by atoms with Gasteiger partial charge >= 0.3 is 0 Å². The van der Waals surface area contributed by atoms with Crippen LogP contribution < -0.4 is 11.1 Å². The van der Waals surface area contributed by atoms with Gasteiger partial charge < -0.3 is 20.5 Å². The van der Waals surface area contributed by atoms with E-state index < -0.39 is 0 Å². The monoisotopic (exact) mass is 268 g/mol. The number of benzene rings is 1. The smallest absolute Gasteiger partial charge is 0.134 e. The fraction of sp³-hybridized carbons (Fsp3) is 0.538. The van der Waals surface area contributed by atoms with E-state index in [0.717, 1.165) is 24.3 Å². The van der Waals surface area contributed by atoms with Crippen molar-refractivity contribution in [2.75, 3.05) is 31.8 Å². The lowest BCUT2D eigenvalue weighted by molar-refractivity contribution is -0.0441. The van der Waals surface area contributed by atoms with E-state index >= 15 is 0 Å². The second kappa shape index (κ2) is 8.13. The standard InChI is InChI=1S/C13H24N2O2Si/c1-10-5-6-11(14)12(9-10)15-7-4-8-18-13(16-2)17-3/h5-6,9,13,15H,4,7-8,14,18H2,1-3H3. The van der Waals surface area contributed by atoms with Crippen molar-refractivity contribution < 1.29 is 9.47 Å². The highest BCUT2D eigenvalue weighted by molar-refractivity contribution is 6.36. The zero-order chi connectivity index (χ0) is 13.4. The van der Waals surface area contributed by atoms with E-state index in [2.05, 4.69) is 18.3 Å². The topological polar surface area (TPSA) is 56.5 Å². The maximum absolute atomic E-state index is 5.90. The summed E-state index contributed by atoms with van der Waals surface area (Å²) < 4.78 is 10.4. The van der Waals surface area contributed by atoms with Crippen molar-refractivity contribution in [1.82, 2.24) is 0 Å². The number of hydrogen-bond acceptors (Lipinski definition) is 4. The quantitative estimate of drug-likeness (QED) is 0.325. The summed E-state index contributed by atoms with van der Waals surface area (Å²) in [5.74, 6) is 0.0500. The first-order valence-electron chi connectivity index (χ1n) is 6.33. The fourth-order valence-electron chi connectivity index (χ4n) is 1.81. The Hall–Kier alpha value is -1.04. The summed E-state index contributed by atoms with van der Waals surface area (Å²) in [6.45, 7) is 3.01. The molecule has 4 nitrogen and oxygen atoms in total. The number of nitrogens with one attached hydrogen (secondary N) is 1. The molecule has 0 aliphatic heterocycles. The van der Waals surface area contributed by atoms with Crippen LogP contribution in [0.3, 0.4) is 0 Å². The van der Waals surface area contributed by atoms with Crippen LogP contribution in [0.15, 0.2) is 18.2 Å². The van der Waals surface area contributed by atoms with Crippen molar-refractivity contribution in [3.05, 3.63) is 23.8 Å². The van der Waals surface area contributed by atoms with Crippen molar-refractivity contribution in [3.8, 4) is 0 Å². The van der Waals surface area contributed by atoms with E-state index in [1.165, 1.54) is 11.6 Å². The van der Waals surface area contributed by atoms with Crippen molar-refractivity contribution in [2.45, 2.75) is 25.3 Å². The Bertz CT molecular complexity index is 357. The largest absolute Gasteiger partial charge is 0.397 e. The summed E-state index contributed by atoms with van der Waals surface area (Å²) in [5.41, 5.74) is 8.97. The van der Waals surface area contributed by atoms with E-state index in [-0.39, 0.29) is 15.4 Å². The highest BCUT2D eigenvalue weighted by Crippen LogP contribution is 2.19. The zero-order valence-corrected chi connectivity index (χ0v) is 12.9. The normalized spacial score (nSPS) is 11.6. The lowest BCUT2D eigenvalue weighted by atomic mass is 10.2. The Morgan fingerprint density at radius 2 is 2.06 bits per heavy atom. The van der Waals surface area contributed by atoms with Crippen LogP contribution in [0.2, 0.25) is 6.04 Å². The second-order valence-electron chi connectivity index (χ2n) is 4.41. The molecule has 0 radical (unpaired) electrons. The molecule has 0 bridgehead atoms. The maximum atomic E-state index is 5.90. The first-order valence-corrected chi connectivity index (χ1v) is 8.14. The minimum Gasteiger partial charge on any atom is -0.397 e. The van der Waals surface area contributed by atoms with E-state index in [4.69, 9.17) is 15.2 Å². The molecular weight excluding hydrogens is 244 g/mol. The lowest BCUT2D eigenvalue weighted by Gasteiger charge is -2.13. The third kappa shape index (κ3) is 5.08. The number of aryl methyl sites for hydroxylation is 1. The summed E-state index contributed by atoms with van der Waals surface area (Å²) in [6.07, 6.45) is 1.13. The minimum atomic E-state index is -0.308. The molecule has 0 aliphatic carbocycles.